The average molecular weight is 284 g/mol. The summed E-state index contributed by atoms with van der Waals surface area (Å²) >= 11 is 2.35. The molecule has 2 heteroatoms. The molecule has 0 nitrogen and oxygen atoms in total. The first kappa shape index (κ1) is 14.9. The molecule has 1 atom stereocenters. The third-order valence-corrected chi connectivity index (χ3v) is 7.42. The molecule has 3 rings (SSSR count). The van der Waals surface area contributed by atoms with Gasteiger partial charge in [-0.15, -0.1) is 0 Å². The minimum atomic E-state index is -0.374. The molecule has 21 heavy (non-hydrogen) atoms. The summed E-state index contributed by atoms with van der Waals surface area (Å²) < 4.78 is 0.150. The number of allylic oxidation sites excluding steroid dienone is 4. The fraction of sp³-hybridized carbons (Fsp3) is 0.158. The van der Waals surface area contributed by atoms with E-state index in [0.717, 1.165) is 0 Å². The van der Waals surface area contributed by atoms with Crippen LogP contribution in [0.1, 0.15) is 6.92 Å². The fourth-order valence-corrected chi connectivity index (χ4v) is 5.82. The molecule has 0 N–H and O–H groups in total. The van der Waals surface area contributed by atoms with Gasteiger partial charge in [-0.25, -0.2) is 0 Å². The zero-order valence-electron chi connectivity index (χ0n) is 12.6. The molecule has 0 bridgehead atoms. The molecule has 2 aromatic carbocycles. The second-order valence-corrected chi connectivity index (χ2v) is 8.35. The van der Waals surface area contributed by atoms with Gasteiger partial charge in [-0.3, -0.25) is 0 Å². The van der Waals surface area contributed by atoms with Gasteiger partial charge in [-0.05, 0) is 0 Å². The molecule has 0 radical (unpaired) electrons. The van der Waals surface area contributed by atoms with Gasteiger partial charge in [-0.2, -0.15) is 0 Å². The van der Waals surface area contributed by atoms with Crippen LogP contribution in [0.25, 0.3) is 0 Å². The predicted octanol–water partition coefficient (Wildman–Crippen LogP) is 3.96. The Hall–Kier alpha value is -1.05. The molecule has 1 aliphatic carbocycles. The summed E-state index contributed by atoms with van der Waals surface area (Å²) in [5.41, 5.74) is 0.562. The van der Waals surface area contributed by atoms with Crippen LogP contribution in [-0.2, 0) is 0 Å². The second-order valence-electron chi connectivity index (χ2n) is 5.80. The van der Waals surface area contributed by atoms with Gasteiger partial charge in [-0.1, -0.05) is 0 Å². The number of hydrogen-bond acceptors (Lipinski definition) is 0. The third-order valence-electron chi connectivity index (χ3n) is 4.38. The molecule has 0 saturated carbocycles. The molecule has 1 unspecified atom stereocenters. The third kappa shape index (κ3) is 3.09. The Kier molecular flexibility index (Phi) is 4.51. The summed E-state index contributed by atoms with van der Waals surface area (Å²) in [5, 5.41) is 2.92. The average Bonchev–Trinajstić information content (AvgIpc) is 2.98. The molecule has 0 amide bonds. The molecular weight excluding hydrogens is 266 g/mol. The quantitative estimate of drug-likeness (QED) is 0.589. The molecule has 0 aliphatic heterocycles. The first-order chi connectivity index (χ1) is 10.2. The standard InChI is InChI=1S/C19H18P.Li/c1-16(17-10-8-9-11-17)20(18-12-4-2-5-13-18)19-14-6-3-7-15-19;/h2-16H,1H3;. The van der Waals surface area contributed by atoms with E-state index in [1.54, 1.807) is 0 Å². The first-order valence-electron chi connectivity index (χ1n) is 7.47. The summed E-state index contributed by atoms with van der Waals surface area (Å²) in [7, 11) is -0.374. The van der Waals surface area contributed by atoms with E-state index < -0.39 is 0 Å². The Labute approximate surface area is 137 Å². The van der Waals surface area contributed by atoms with E-state index in [0.29, 0.717) is 5.66 Å². The van der Waals surface area contributed by atoms with Gasteiger partial charge in [0, 0.05) is 0 Å². The topological polar surface area (TPSA) is 0 Å². The molecule has 1 aliphatic rings. The molecule has 0 heterocycles. The molecule has 0 saturated heterocycles. The number of benzene rings is 2. The van der Waals surface area contributed by atoms with Crippen molar-refractivity contribution in [2.75, 3.05) is 0 Å². The van der Waals surface area contributed by atoms with Crippen molar-refractivity contribution >= 4 is 36.2 Å². The summed E-state index contributed by atoms with van der Waals surface area (Å²) in [6.07, 6.45) is 9.05. The molecule has 100 valence electrons. The van der Waals surface area contributed by atoms with Crippen LogP contribution in [0.2, 0.25) is 4.09 Å². The van der Waals surface area contributed by atoms with E-state index in [-0.39, 0.29) is 12.0 Å². The number of hydrogen-bond donors (Lipinski definition) is 0. The van der Waals surface area contributed by atoms with E-state index in [1.165, 1.54) is 10.6 Å². The van der Waals surface area contributed by atoms with E-state index in [9.17, 15) is 0 Å². The van der Waals surface area contributed by atoms with Gasteiger partial charge in [0.1, 0.15) is 0 Å². The van der Waals surface area contributed by atoms with Gasteiger partial charge in [0.25, 0.3) is 0 Å². The van der Waals surface area contributed by atoms with Crippen molar-refractivity contribution in [3.05, 3.63) is 85.0 Å². The fourth-order valence-electron chi connectivity index (χ4n) is 2.91. The zero-order chi connectivity index (χ0) is 14.7. The minimum absolute atomic E-state index is 0.150. The van der Waals surface area contributed by atoms with Crippen molar-refractivity contribution in [2.45, 2.75) is 16.7 Å². The van der Waals surface area contributed by atoms with E-state index in [4.69, 9.17) is 0 Å². The monoisotopic (exact) mass is 284 g/mol. The summed E-state index contributed by atoms with van der Waals surface area (Å²) in [4.78, 5) is 0. The van der Waals surface area contributed by atoms with Crippen LogP contribution in [-0.4, -0.2) is 23.4 Å². The predicted molar refractivity (Wildman–Crippen MR) is 95.3 cm³/mol. The van der Waals surface area contributed by atoms with E-state index >= 15 is 0 Å². The molecule has 0 spiro atoms. The van der Waals surface area contributed by atoms with Crippen molar-refractivity contribution in [1.29, 1.82) is 0 Å². The van der Waals surface area contributed by atoms with Crippen molar-refractivity contribution in [3.63, 3.8) is 0 Å². The molecular formula is C19H18LiP. The molecule has 0 fully saturated rings. The Morgan fingerprint density at radius 2 is 1.24 bits per heavy atom. The maximum absolute atomic E-state index is 2.39. The van der Waals surface area contributed by atoms with Gasteiger partial charge in [0.05, 0.1) is 0 Å². The van der Waals surface area contributed by atoms with Gasteiger partial charge in [0.15, 0.2) is 0 Å². The Morgan fingerprint density at radius 3 is 1.67 bits per heavy atom. The van der Waals surface area contributed by atoms with Crippen molar-refractivity contribution in [1.82, 2.24) is 0 Å². The van der Waals surface area contributed by atoms with Crippen molar-refractivity contribution in [3.8, 4) is 0 Å². The van der Waals surface area contributed by atoms with E-state index in [1.807, 2.05) is 0 Å². The van der Waals surface area contributed by atoms with Crippen LogP contribution < -0.4 is 10.6 Å². The van der Waals surface area contributed by atoms with Crippen LogP contribution in [0.5, 0.6) is 0 Å². The van der Waals surface area contributed by atoms with Gasteiger partial charge < -0.3 is 0 Å². The first-order valence-corrected chi connectivity index (χ1v) is 8.88. The van der Waals surface area contributed by atoms with Crippen LogP contribution in [0, 0.1) is 0 Å². The molecule has 2 aromatic rings. The summed E-state index contributed by atoms with van der Waals surface area (Å²) in [5.74, 6) is 0. The SMILES string of the molecule is [Li][C]1(C(C)P(c2ccccc2)c2ccccc2)C=CC=C1. The Morgan fingerprint density at radius 1 is 0.810 bits per heavy atom. The van der Waals surface area contributed by atoms with Crippen LogP contribution >= 0.6 is 7.92 Å². The maximum atomic E-state index is 2.39. The van der Waals surface area contributed by atoms with E-state index in [2.05, 4.69) is 110 Å². The van der Waals surface area contributed by atoms with Crippen molar-refractivity contribution < 1.29 is 0 Å². The molecule has 0 aromatic heterocycles. The summed E-state index contributed by atoms with van der Waals surface area (Å²) in [6.45, 7) is 2.39. The summed E-state index contributed by atoms with van der Waals surface area (Å²) in [6, 6.07) is 21.9. The van der Waals surface area contributed by atoms with Gasteiger partial charge in [0.2, 0.25) is 0 Å². The van der Waals surface area contributed by atoms with Gasteiger partial charge >= 0.3 is 138 Å². The zero-order valence-corrected chi connectivity index (χ0v) is 13.5. The normalized spacial score (nSPS) is 17.3. The number of rotatable bonds is 4. The Balaban J connectivity index is 2.05. The van der Waals surface area contributed by atoms with Crippen molar-refractivity contribution in [2.24, 2.45) is 0 Å². The van der Waals surface area contributed by atoms with Crippen LogP contribution in [0.4, 0.5) is 0 Å². The van der Waals surface area contributed by atoms with Crippen LogP contribution in [0.15, 0.2) is 85.0 Å². The Bertz CT molecular complexity index is 594. The van der Waals surface area contributed by atoms with Crippen LogP contribution in [0.3, 0.4) is 0 Å². The second kappa shape index (κ2) is 6.37.